The summed E-state index contributed by atoms with van der Waals surface area (Å²) in [6.07, 6.45) is 0.341. The standard InChI is InChI=1S/C16H17F2NO/c1-16(19,10-11-4-3-5-12(17)8-11)14-7-6-13(20-2)9-15(14)18/h3-9H,10,19H2,1-2H3. The molecule has 0 aliphatic rings. The van der Waals surface area contributed by atoms with Gasteiger partial charge in [-0.05, 0) is 37.1 Å². The monoisotopic (exact) mass is 277 g/mol. The van der Waals surface area contributed by atoms with Crippen LogP contribution in [0.3, 0.4) is 0 Å². The first-order valence-corrected chi connectivity index (χ1v) is 6.30. The van der Waals surface area contributed by atoms with Gasteiger partial charge in [0.1, 0.15) is 17.4 Å². The Bertz CT molecular complexity index is 611. The summed E-state index contributed by atoms with van der Waals surface area (Å²) in [7, 11) is 1.48. The SMILES string of the molecule is COc1ccc(C(C)(N)Cc2cccc(F)c2)c(F)c1. The Balaban J connectivity index is 2.30. The molecule has 0 aromatic heterocycles. The van der Waals surface area contributed by atoms with Crippen molar-refractivity contribution in [3.05, 3.63) is 65.2 Å². The van der Waals surface area contributed by atoms with Gasteiger partial charge in [-0.15, -0.1) is 0 Å². The van der Waals surface area contributed by atoms with Crippen LogP contribution in [0.15, 0.2) is 42.5 Å². The van der Waals surface area contributed by atoms with Crippen LogP contribution in [0.4, 0.5) is 8.78 Å². The summed E-state index contributed by atoms with van der Waals surface area (Å²) < 4.78 is 32.2. The van der Waals surface area contributed by atoms with E-state index in [2.05, 4.69) is 0 Å². The van der Waals surface area contributed by atoms with Crippen molar-refractivity contribution in [3.8, 4) is 5.75 Å². The fourth-order valence-electron chi connectivity index (χ4n) is 2.25. The zero-order valence-electron chi connectivity index (χ0n) is 11.5. The predicted molar refractivity (Wildman–Crippen MR) is 74.6 cm³/mol. The number of ether oxygens (including phenoxy) is 1. The van der Waals surface area contributed by atoms with E-state index < -0.39 is 11.4 Å². The van der Waals surface area contributed by atoms with Gasteiger partial charge in [0.25, 0.3) is 0 Å². The Morgan fingerprint density at radius 2 is 1.90 bits per heavy atom. The Hall–Kier alpha value is -1.94. The van der Waals surface area contributed by atoms with Crippen molar-refractivity contribution in [1.29, 1.82) is 0 Å². The first-order chi connectivity index (χ1) is 9.42. The summed E-state index contributed by atoms with van der Waals surface area (Å²) in [5.41, 5.74) is 6.39. The van der Waals surface area contributed by atoms with Crippen LogP contribution in [0.25, 0.3) is 0 Å². The molecular formula is C16H17F2NO. The number of nitrogens with two attached hydrogens (primary N) is 1. The van der Waals surface area contributed by atoms with Gasteiger partial charge in [0.15, 0.2) is 0 Å². The van der Waals surface area contributed by atoms with Crippen molar-refractivity contribution in [2.75, 3.05) is 7.11 Å². The minimum Gasteiger partial charge on any atom is -0.497 e. The number of rotatable bonds is 4. The lowest BCUT2D eigenvalue weighted by atomic mass is 9.86. The van der Waals surface area contributed by atoms with Crippen LogP contribution in [-0.2, 0) is 12.0 Å². The van der Waals surface area contributed by atoms with Gasteiger partial charge in [0.2, 0.25) is 0 Å². The van der Waals surface area contributed by atoms with Crippen LogP contribution in [0, 0.1) is 11.6 Å². The maximum absolute atomic E-state index is 14.1. The molecule has 2 aromatic rings. The Morgan fingerprint density at radius 3 is 2.50 bits per heavy atom. The summed E-state index contributed by atoms with van der Waals surface area (Å²) in [5, 5.41) is 0. The maximum Gasteiger partial charge on any atom is 0.131 e. The van der Waals surface area contributed by atoms with E-state index in [0.717, 1.165) is 5.56 Å². The van der Waals surface area contributed by atoms with Crippen LogP contribution in [-0.4, -0.2) is 7.11 Å². The molecule has 0 bridgehead atoms. The third-order valence-electron chi connectivity index (χ3n) is 3.25. The van der Waals surface area contributed by atoms with E-state index in [0.29, 0.717) is 17.7 Å². The molecule has 2 aromatic carbocycles. The van der Waals surface area contributed by atoms with Crippen molar-refractivity contribution < 1.29 is 13.5 Å². The van der Waals surface area contributed by atoms with Gasteiger partial charge in [-0.2, -0.15) is 0 Å². The van der Waals surface area contributed by atoms with E-state index in [9.17, 15) is 8.78 Å². The van der Waals surface area contributed by atoms with Gasteiger partial charge in [-0.3, -0.25) is 0 Å². The average Bonchev–Trinajstić information content (AvgIpc) is 2.37. The van der Waals surface area contributed by atoms with Crippen molar-refractivity contribution in [3.63, 3.8) is 0 Å². The van der Waals surface area contributed by atoms with E-state index in [1.54, 1.807) is 31.2 Å². The molecular weight excluding hydrogens is 260 g/mol. The predicted octanol–water partition coefficient (Wildman–Crippen LogP) is 3.39. The van der Waals surface area contributed by atoms with Crippen LogP contribution in [0.5, 0.6) is 5.75 Å². The molecule has 0 amide bonds. The molecule has 0 heterocycles. The van der Waals surface area contributed by atoms with Crippen molar-refractivity contribution in [2.24, 2.45) is 5.73 Å². The van der Waals surface area contributed by atoms with Gasteiger partial charge >= 0.3 is 0 Å². The Labute approximate surface area is 117 Å². The quantitative estimate of drug-likeness (QED) is 0.929. The second-order valence-corrected chi connectivity index (χ2v) is 5.07. The van der Waals surface area contributed by atoms with Gasteiger partial charge < -0.3 is 10.5 Å². The van der Waals surface area contributed by atoms with Crippen LogP contribution in [0.2, 0.25) is 0 Å². The van der Waals surface area contributed by atoms with Crippen molar-refractivity contribution >= 4 is 0 Å². The van der Waals surface area contributed by atoms with Crippen molar-refractivity contribution in [1.82, 2.24) is 0 Å². The molecule has 0 saturated carbocycles. The summed E-state index contributed by atoms with van der Waals surface area (Å²) in [4.78, 5) is 0. The summed E-state index contributed by atoms with van der Waals surface area (Å²) in [5.74, 6) is -0.313. The fourth-order valence-corrected chi connectivity index (χ4v) is 2.25. The molecule has 20 heavy (non-hydrogen) atoms. The van der Waals surface area contributed by atoms with E-state index in [4.69, 9.17) is 10.5 Å². The normalized spacial score (nSPS) is 13.8. The highest BCUT2D eigenvalue weighted by atomic mass is 19.1. The van der Waals surface area contributed by atoms with E-state index in [1.165, 1.54) is 25.3 Å². The maximum atomic E-state index is 14.1. The van der Waals surface area contributed by atoms with Crippen LogP contribution in [0.1, 0.15) is 18.1 Å². The number of benzene rings is 2. The Kier molecular flexibility index (Phi) is 4.04. The fraction of sp³-hybridized carbons (Fsp3) is 0.250. The van der Waals surface area contributed by atoms with Gasteiger partial charge in [-0.25, -0.2) is 8.78 Å². The molecule has 2 rings (SSSR count). The minimum atomic E-state index is -0.926. The Morgan fingerprint density at radius 1 is 1.15 bits per heavy atom. The zero-order chi connectivity index (χ0) is 14.8. The number of hydrogen-bond donors (Lipinski definition) is 1. The minimum absolute atomic E-state index is 0.325. The largest absolute Gasteiger partial charge is 0.497 e. The lowest BCUT2D eigenvalue weighted by Crippen LogP contribution is -2.36. The first kappa shape index (κ1) is 14.5. The molecule has 0 spiro atoms. The highest BCUT2D eigenvalue weighted by Crippen LogP contribution is 2.28. The molecule has 2 nitrogen and oxygen atoms in total. The smallest absolute Gasteiger partial charge is 0.131 e. The second kappa shape index (κ2) is 5.59. The van der Waals surface area contributed by atoms with Gasteiger partial charge in [-0.1, -0.05) is 18.2 Å². The average molecular weight is 277 g/mol. The number of methoxy groups -OCH3 is 1. The second-order valence-electron chi connectivity index (χ2n) is 5.07. The third-order valence-corrected chi connectivity index (χ3v) is 3.25. The van der Waals surface area contributed by atoms with Gasteiger partial charge in [0, 0.05) is 17.2 Å². The molecule has 0 radical (unpaired) electrons. The molecule has 4 heteroatoms. The molecule has 0 aliphatic heterocycles. The van der Waals surface area contributed by atoms with Crippen LogP contribution < -0.4 is 10.5 Å². The van der Waals surface area contributed by atoms with E-state index >= 15 is 0 Å². The molecule has 0 saturated heterocycles. The molecule has 106 valence electrons. The van der Waals surface area contributed by atoms with E-state index in [-0.39, 0.29) is 5.82 Å². The lowest BCUT2D eigenvalue weighted by molar-refractivity contribution is 0.405. The zero-order valence-corrected chi connectivity index (χ0v) is 11.5. The third kappa shape index (κ3) is 3.14. The molecule has 0 aliphatic carbocycles. The summed E-state index contributed by atoms with van der Waals surface area (Å²) in [6, 6.07) is 10.7. The summed E-state index contributed by atoms with van der Waals surface area (Å²) in [6.45, 7) is 1.72. The van der Waals surface area contributed by atoms with Gasteiger partial charge in [0.05, 0.1) is 7.11 Å². The first-order valence-electron chi connectivity index (χ1n) is 6.30. The highest BCUT2D eigenvalue weighted by Gasteiger charge is 2.25. The van der Waals surface area contributed by atoms with Crippen molar-refractivity contribution in [2.45, 2.75) is 18.9 Å². The summed E-state index contributed by atoms with van der Waals surface area (Å²) >= 11 is 0. The molecule has 1 atom stereocenters. The van der Waals surface area contributed by atoms with E-state index in [1.807, 2.05) is 0 Å². The lowest BCUT2D eigenvalue weighted by Gasteiger charge is -2.26. The highest BCUT2D eigenvalue weighted by molar-refractivity contribution is 5.34. The molecule has 2 N–H and O–H groups in total. The molecule has 0 fully saturated rings. The number of hydrogen-bond acceptors (Lipinski definition) is 2. The topological polar surface area (TPSA) is 35.2 Å². The number of halogens is 2. The van der Waals surface area contributed by atoms with Crippen LogP contribution >= 0.6 is 0 Å². The molecule has 1 unspecified atom stereocenters.